The smallest absolute Gasteiger partial charge is 0.410 e. The monoisotopic (exact) mass is 540 g/mol. The molecule has 2 fully saturated rings. The summed E-state index contributed by atoms with van der Waals surface area (Å²) < 4.78 is 36.5. The number of benzene rings is 2. The number of carbonyl (C=O) groups excluding carboxylic acids is 1. The number of hydrogen-bond acceptors (Lipinski definition) is 5. The Kier molecular flexibility index (Phi) is 5.95. The number of aromatic nitrogens is 2. The molecule has 2 aliphatic rings. The van der Waals surface area contributed by atoms with Crippen LogP contribution in [0.25, 0.3) is 32.9 Å². The zero-order valence-corrected chi connectivity index (χ0v) is 23.1. The minimum atomic E-state index is -0.589. The van der Waals surface area contributed by atoms with Gasteiger partial charge >= 0.3 is 6.09 Å². The van der Waals surface area contributed by atoms with Crippen LogP contribution < -0.4 is 4.90 Å². The van der Waals surface area contributed by atoms with E-state index in [-0.39, 0.29) is 41.0 Å². The highest BCUT2D eigenvalue weighted by Gasteiger charge is 2.55. The maximum absolute atomic E-state index is 16.3. The van der Waals surface area contributed by atoms with E-state index in [2.05, 4.69) is 27.7 Å². The van der Waals surface area contributed by atoms with E-state index >= 15 is 4.39 Å². The van der Waals surface area contributed by atoms with Gasteiger partial charge in [-0.15, -0.1) is 6.42 Å². The first-order chi connectivity index (χ1) is 19.0. The lowest BCUT2D eigenvalue weighted by Crippen LogP contribution is -2.69. The summed E-state index contributed by atoms with van der Waals surface area (Å²) in [6.45, 7) is 10.1. The van der Waals surface area contributed by atoms with Crippen molar-refractivity contribution in [3.05, 3.63) is 65.5 Å². The molecule has 204 valence electrons. The van der Waals surface area contributed by atoms with Crippen LogP contribution >= 0.6 is 0 Å². The van der Waals surface area contributed by atoms with E-state index < -0.39 is 17.2 Å². The minimum absolute atomic E-state index is 0.00298. The highest BCUT2D eigenvalue weighted by atomic mass is 19.1. The Hall–Kier alpha value is -4.25. The molecule has 2 aromatic heterocycles. The number of ether oxygens (including phenoxy) is 1. The largest absolute Gasteiger partial charge is 0.444 e. The number of carbonyl (C=O) groups is 1. The standard InChI is InChI=1S/C32H30F2N4O2/c1-7-20-23(33)12-11-19-9-8-10-21(26(19)20)28-27(34)29-22(16-35-28)25(15-17(2)36-29)38-18(3)30-24(38)13-14-37(30)31(39)40-32(4,5)6/h1,8-12,15-16,18,24,30H,13-14H2,2-6H3/t18-,24+,30+/m0/s1. The van der Waals surface area contributed by atoms with Crippen LogP contribution in [-0.2, 0) is 4.74 Å². The fourth-order valence-corrected chi connectivity index (χ4v) is 6.33. The van der Waals surface area contributed by atoms with E-state index in [1.54, 1.807) is 24.4 Å². The summed E-state index contributed by atoms with van der Waals surface area (Å²) >= 11 is 0. The average Bonchev–Trinajstić information content (AvgIpc) is 3.28. The van der Waals surface area contributed by atoms with Crippen LogP contribution in [-0.4, -0.2) is 51.2 Å². The summed E-state index contributed by atoms with van der Waals surface area (Å²) in [6.07, 6.45) is 7.75. The van der Waals surface area contributed by atoms with Gasteiger partial charge in [0, 0.05) is 40.8 Å². The number of nitrogens with zero attached hydrogens (tertiary/aromatic N) is 4. The van der Waals surface area contributed by atoms with Gasteiger partial charge in [0.05, 0.1) is 23.3 Å². The average molecular weight is 541 g/mol. The van der Waals surface area contributed by atoms with Gasteiger partial charge in [0.25, 0.3) is 0 Å². The topological polar surface area (TPSA) is 58.6 Å². The van der Waals surface area contributed by atoms with E-state index in [0.717, 1.165) is 12.1 Å². The summed E-state index contributed by atoms with van der Waals surface area (Å²) in [4.78, 5) is 26.0. The van der Waals surface area contributed by atoms with Crippen molar-refractivity contribution in [2.75, 3.05) is 11.4 Å². The fourth-order valence-electron chi connectivity index (χ4n) is 6.33. The molecular formula is C32H30F2N4O2. The maximum Gasteiger partial charge on any atom is 0.410 e. The second kappa shape index (κ2) is 9.16. The predicted molar refractivity (Wildman–Crippen MR) is 152 cm³/mol. The Morgan fingerprint density at radius 2 is 1.98 bits per heavy atom. The van der Waals surface area contributed by atoms with Gasteiger partial charge in [-0.25, -0.2) is 18.6 Å². The van der Waals surface area contributed by atoms with Crippen LogP contribution in [0, 0.1) is 30.9 Å². The van der Waals surface area contributed by atoms with Crippen molar-refractivity contribution in [2.24, 2.45) is 0 Å². The van der Waals surface area contributed by atoms with Gasteiger partial charge in [-0.05, 0) is 58.6 Å². The van der Waals surface area contributed by atoms with E-state index in [1.165, 1.54) is 6.07 Å². The van der Waals surface area contributed by atoms with Crippen LogP contribution in [0.1, 0.15) is 45.4 Å². The Morgan fingerprint density at radius 3 is 2.70 bits per heavy atom. The molecule has 4 aromatic rings. The lowest BCUT2D eigenvalue weighted by Gasteiger charge is -2.54. The van der Waals surface area contributed by atoms with Gasteiger partial charge in [0.15, 0.2) is 5.82 Å². The lowest BCUT2D eigenvalue weighted by molar-refractivity contribution is 0.0151. The molecule has 4 heterocycles. The number of pyridine rings is 2. The van der Waals surface area contributed by atoms with Crippen LogP contribution in [0.3, 0.4) is 0 Å². The minimum Gasteiger partial charge on any atom is -0.444 e. The molecule has 2 aromatic carbocycles. The SMILES string of the molecule is C#Cc1c(F)ccc2cccc(-c3ncc4c(N5[C@@H]6CCN(C(=O)OC(C)(C)C)[C@@H]6[C@@H]5C)cc(C)nc4c3F)c12. The van der Waals surface area contributed by atoms with Gasteiger partial charge in [0.1, 0.15) is 22.6 Å². The third-order valence-electron chi connectivity index (χ3n) is 7.91. The summed E-state index contributed by atoms with van der Waals surface area (Å²) in [5, 5.41) is 1.72. The van der Waals surface area contributed by atoms with E-state index in [4.69, 9.17) is 11.2 Å². The normalized spacial score (nSPS) is 20.4. The van der Waals surface area contributed by atoms with Crippen molar-refractivity contribution in [1.82, 2.24) is 14.9 Å². The van der Waals surface area contributed by atoms with Crippen LogP contribution in [0.4, 0.5) is 19.3 Å². The number of amides is 1. The first-order valence-electron chi connectivity index (χ1n) is 13.4. The third kappa shape index (κ3) is 3.95. The van der Waals surface area contributed by atoms with Gasteiger partial charge in [-0.2, -0.15) is 0 Å². The van der Waals surface area contributed by atoms with E-state index in [0.29, 0.717) is 34.0 Å². The Bertz CT molecular complexity index is 1740. The van der Waals surface area contributed by atoms with Crippen molar-refractivity contribution in [3.63, 3.8) is 0 Å². The summed E-state index contributed by atoms with van der Waals surface area (Å²) in [7, 11) is 0. The summed E-state index contributed by atoms with van der Waals surface area (Å²) in [5.74, 6) is 1.29. The van der Waals surface area contributed by atoms with Crippen molar-refractivity contribution < 1.29 is 18.3 Å². The van der Waals surface area contributed by atoms with E-state index in [9.17, 15) is 9.18 Å². The molecule has 0 saturated carbocycles. The Labute approximate surface area is 232 Å². The number of terminal acetylenes is 1. The van der Waals surface area contributed by atoms with Crippen LogP contribution in [0.2, 0.25) is 0 Å². The van der Waals surface area contributed by atoms with Crippen LogP contribution in [0.5, 0.6) is 0 Å². The van der Waals surface area contributed by atoms with E-state index in [1.807, 2.05) is 44.7 Å². The molecule has 6 rings (SSSR count). The number of aryl methyl sites for hydroxylation is 1. The molecule has 40 heavy (non-hydrogen) atoms. The number of halogens is 2. The molecule has 2 saturated heterocycles. The van der Waals surface area contributed by atoms with Crippen LogP contribution in [0.15, 0.2) is 42.6 Å². The predicted octanol–water partition coefficient (Wildman–Crippen LogP) is 6.60. The molecule has 0 aliphatic carbocycles. The number of hydrogen-bond donors (Lipinski definition) is 0. The van der Waals surface area contributed by atoms with Gasteiger partial charge in [-0.1, -0.05) is 30.2 Å². The number of rotatable bonds is 2. The van der Waals surface area contributed by atoms with Gasteiger partial charge in [0.2, 0.25) is 0 Å². The Morgan fingerprint density at radius 1 is 1.20 bits per heavy atom. The highest BCUT2D eigenvalue weighted by molar-refractivity contribution is 6.02. The number of anilines is 1. The second-order valence-electron chi connectivity index (χ2n) is 11.6. The maximum atomic E-state index is 16.3. The number of fused-ring (bicyclic) bond motifs is 3. The fraction of sp³-hybridized carbons (Fsp3) is 0.344. The first-order valence-corrected chi connectivity index (χ1v) is 13.4. The molecule has 2 aliphatic heterocycles. The van der Waals surface area contributed by atoms with Crippen molar-refractivity contribution in [1.29, 1.82) is 0 Å². The first kappa shape index (κ1) is 26.0. The van der Waals surface area contributed by atoms with Crippen molar-refractivity contribution in [2.45, 2.75) is 64.8 Å². The molecule has 0 radical (unpaired) electrons. The molecule has 0 unspecified atom stereocenters. The quantitative estimate of drug-likeness (QED) is 0.268. The number of likely N-dealkylation sites (tertiary alicyclic amines) is 1. The van der Waals surface area contributed by atoms with Crippen molar-refractivity contribution in [3.8, 4) is 23.6 Å². The van der Waals surface area contributed by atoms with Gasteiger partial charge < -0.3 is 14.5 Å². The summed E-state index contributed by atoms with van der Waals surface area (Å²) in [6, 6.07) is 10.2. The molecule has 6 nitrogen and oxygen atoms in total. The molecule has 0 bridgehead atoms. The molecule has 8 heteroatoms. The molecular weight excluding hydrogens is 510 g/mol. The van der Waals surface area contributed by atoms with Crippen molar-refractivity contribution >= 4 is 33.5 Å². The summed E-state index contributed by atoms with van der Waals surface area (Å²) in [5.41, 5.74) is 1.65. The molecule has 1 amide bonds. The van der Waals surface area contributed by atoms with Gasteiger partial charge in [-0.3, -0.25) is 4.98 Å². The zero-order valence-electron chi connectivity index (χ0n) is 23.1. The molecule has 3 atom stereocenters. The Balaban J connectivity index is 1.43. The molecule has 0 N–H and O–H groups in total. The third-order valence-corrected chi connectivity index (χ3v) is 7.91. The lowest BCUT2D eigenvalue weighted by atomic mass is 9.86. The molecule has 0 spiro atoms. The highest BCUT2D eigenvalue weighted by Crippen LogP contribution is 2.45. The zero-order chi connectivity index (χ0) is 28.5. The second-order valence-corrected chi connectivity index (χ2v) is 11.6.